The van der Waals surface area contributed by atoms with Gasteiger partial charge in [-0.3, -0.25) is 0 Å². The summed E-state index contributed by atoms with van der Waals surface area (Å²) in [6.45, 7) is 6.54. The highest BCUT2D eigenvalue weighted by molar-refractivity contribution is 9.10. The van der Waals surface area contributed by atoms with Gasteiger partial charge in [0.2, 0.25) is 0 Å². The van der Waals surface area contributed by atoms with Gasteiger partial charge in [-0.25, -0.2) is 4.39 Å². The number of unbranched alkanes of at least 4 members (excludes halogenated alkanes) is 1. The minimum atomic E-state index is -0.166. The van der Waals surface area contributed by atoms with E-state index >= 15 is 0 Å². The molecule has 0 aliphatic rings. The van der Waals surface area contributed by atoms with E-state index in [9.17, 15) is 4.39 Å². The molecule has 1 aromatic carbocycles. The second kappa shape index (κ2) is 7.83. The van der Waals surface area contributed by atoms with Crippen molar-refractivity contribution >= 4 is 15.9 Å². The van der Waals surface area contributed by atoms with Gasteiger partial charge in [-0.1, -0.05) is 19.9 Å². The summed E-state index contributed by atoms with van der Waals surface area (Å²) < 4.78 is 13.8. The number of rotatable bonds is 7. The molecule has 96 valence electrons. The third kappa shape index (κ3) is 6.18. The first kappa shape index (κ1) is 14.7. The van der Waals surface area contributed by atoms with Crippen molar-refractivity contribution in [2.75, 3.05) is 13.1 Å². The zero-order valence-electron chi connectivity index (χ0n) is 10.6. The Morgan fingerprint density at radius 1 is 1.29 bits per heavy atom. The maximum absolute atomic E-state index is 13.2. The molecule has 0 heterocycles. The lowest BCUT2D eigenvalue weighted by Crippen LogP contribution is -2.20. The zero-order chi connectivity index (χ0) is 12.7. The Bertz CT molecular complexity index is 339. The van der Waals surface area contributed by atoms with E-state index in [1.54, 1.807) is 12.1 Å². The van der Waals surface area contributed by atoms with E-state index in [0.29, 0.717) is 10.4 Å². The second-order valence-corrected chi connectivity index (χ2v) is 5.66. The molecule has 0 saturated carbocycles. The van der Waals surface area contributed by atoms with Crippen molar-refractivity contribution in [2.45, 2.75) is 33.1 Å². The molecular weight excluding hydrogens is 281 g/mol. The predicted molar refractivity (Wildman–Crippen MR) is 74.7 cm³/mol. The Balaban J connectivity index is 2.16. The minimum Gasteiger partial charge on any atom is -0.316 e. The van der Waals surface area contributed by atoms with Crippen molar-refractivity contribution in [1.82, 2.24) is 5.32 Å². The highest BCUT2D eigenvalue weighted by Crippen LogP contribution is 2.17. The lowest BCUT2D eigenvalue weighted by atomic mass is 10.1. The van der Waals surface area contributed by atoms with E-state index in [-0.39, 0.29) is 5.82 Å². The summed E-state index contributed by atoms with van der Waals surface area (Å²) >= 11 is 3.16. The fraction of sp³-hybridized carbons (Fsp3) is 0.571. The number of hydrogen-bond acceptors (Lipinski definition) is 1. The van der Waals surface area contributed by atoms with Crippen LogP contribution in [0.4, 0.5) is 4.39 Å². The van der Waals surface area contributed by atoms with Crippen molar-refractivity contribution < 1.29 is 4.39 Å². The number of hydrogen-bond donors (Lipinski definition) is 1. The lowest BCUT2D eigenvalue weighted by Gasteiger charge is -2.07. The number of halogens is 2. The maximum atomic E-state index is 13.2. The summed E-state index contributed by atoms with van der Waals surface area (Å²) in [6.07, 6.45) is 3.20. The zero-order valence-corrected chi connectivity index (χ0v) is 12.2. The Kier molecular flexibility index (Phi) is 6.75. The molecule has 0 radical (unpaired) electrons. The third-order valence-electron chi connectivity index (χ3n) is 2.61. The topological polar surface area (TPSA) is 12.0 Å². The van der Waals surface area contributed by atoms with Gasteiger partial charge in [0.1, 0.15) is 5.82 Å². The molecule has 1 nitrogen and oxygen atoms in total. The van der Waals surface area contributed by atoms with Gasteiger partial charge in [0.05, 0.1) is 4.47 Å². The molecule has 0 fully saturated rings. The first-order valence-corrected chi connectivity index (χ1v) is 7.03. The summed E-state index contributed by atoms with van der Waals surface area (Å²) in [6, 6.07) is 5.38. The molecule has 1 rings (SSSR count). The summed E-state index contributed by atoms with van der Waals surface area (Å²) in [5.74, 6) is 0.538. The molecule has 3 heteroatoms. The Labute approximate surface area is 112 Å². The Hall–Kier alpha value is -0.410. The van der Waals surface area contributed by atoms with Gasteiger partial charge in [-0.2, -0.15) is 0 Å². The van der Waals surface area contributed by atoms with Crippen LogP contribution in [0.5, 0.6) is 0 Å². The van der Waals surface area contributed by atoms with Gasteiger partial charge in [-0.05, 0) is 71.9 Å². The van der Waals surface area contributed by atoms with Crippen LogP contribution in [0.3, 0.4) is 0 Å². The van der Waals surface area contributed by atoms with Gasteiger partial charge in [0.25, 0.3) is 0 Å². The molecule has 1 aromatic rings. The normalized spacial score (nSPS) is 11.1. The van der Waals surface area contributed by atoms with Crippen LogP contribution < -0.4 is 5.32 Å². The number of benzene rings is 1. The number of aryl methyl sites for hydroxylation is 1. The van der Waals surface area contributed by atoms with Crippen molar-refractivity contribution in [2.24, 2.45) is 5.92 Å². The largest absolute Gasteiger partial charge is 0.316 e. The quantitative estimate of drug-likeness (QED) is 0.746. The molecule has 0 spiro atoms. The van der Waals surface area contributed by atoms with Crippen LogP contribution in [0.15, 0.2) is 22.7 Å². The van der Waals surface area contributed by atoms with E-state index in [1.165, 1.54) is 0 Å². The third-order valence-corrected chi connectivity index (χ3v) is 3.25. The van der Waals surface area contributed by atoms with E-state index < -0.39 is 0 Å². The molecule has 0 amide bonds. The van der Waals surface area contributed by atoms with E-state index in [0.717, 1.165) is 37.9 Å². The predicted octanol–water partition coefficient (Wildman–Crippen LogP) is 4.16. The van der Waals surface area contributed by atoms with Gasteiger partial charge in [0, 0.05) is 0 Å². The molecular formula is C14H21BrFN. The summed E-state index contributed by atoms with van der Waals surface area (Å²) in [7, 11) is 0. The van der Waals surface area contributed by atoms with Crippen molar-refractivity contribution in [3.63, 3.8) is 0 Å². The molecule has 0 unspecified atom stereocenters. The standard InChI is InChI=1S/C14H21BrFN/c1-11(2)10-17-8-4-3-5-12-6-7-13(15)14(16)9-12/h6-7,9,11,17H,3-5,8,10H2,1-2H3. The maximum Gasteiger partial charge on any atom is 0.137 e. The van der Waals surface area contributed by atoms with Crippen molar-refractivity contribution in [3.05, 3.63) is 34.1 Å². The van der Waals surface area contributed by atoms with Crippen LogP contribution >= 0.6 is 15.9 Å². The monoisotopic (exact) mass is 301 g/mol. The Morgan fingerprint density at radius 2 is 2.06 bits per heavy atom. The smallest absolute Gasteiger partial charge is 0.137 e. The highest BCUT2D eigenvalue weighted by atomic mass is 79.9. The van der Waals surface area contributed by atoms with Crippen LogP contribution in [0, 0.1) is 11.7 Å². The molecule has 17 heavy (non-hydrogen) atoms. The first-order chi connectivity index (χ1) is 8.09. The minimum absolute atomic E-state index is 0.166. The fourth-order valence-electron chi connectivity index (χ4n) is 1.67. The van der Waals surface area contributed by atoms with Gasteiger partial charge < -0.3 is 5.32 Å². The fourth-order valence-corrected chi connectivity index (χ4v) is 1.91. The first-order valence-electron chi connectivity index (χ1n) is 6.24. The van der Waals surface area contributed by atoms with E-state index in [2.05, 4.69) is 35.1 Å². The summed E-state index contributed by atoms with van der Waals surface area (Å²) in [5.41, 5.74) is 1.08. The van der Waals surface area contributed by atoms with Crippen LogP contribution in [0.1, 0.15) is 32.3 Å². The lowest BCUT2D eigenvalue weighted by molar-refractivity contribution is 0.535. The Morgan fingerprint density at radius 3 is 2.71 bits per heavy atom. The van der Waals surface area contributed by atoms with Gasteiger partial charge in [-0.15, -0.1) is 0 Å². The summed E-state index contributed by atoms with van der Waals surface area (Å²) in [4.78, 5) is 0. The van der Waals surface area contributed by atoms with Gasteiger partial charge >= 0.3 is 0 Å². The second-order valence-electron chi connectivity index (χ2n) is 4.80. The van der Waals surface area contributed by atoms with Crippen LogP contribution in [-0.2, 0) is 6.42 Å². The molecule has 0 saturated heterocycles. The van der Waals surface area contributed by atoms with Crippen LogP contribution in [-0.4, -0.2) is 13.1 Å². The average Bonchev–Trinajstić information content (AvgIpc) is 2.27. The van der Waals surface area contributed by atoms with Crippen LogP contribution in [0.25, 0.3) is 0 Å². The number of nitrogens with one attached hydrogen (secondary N) is 1. The summed E-state index contributed by atoms with van der Waals surface area (Å²) in [5, 5.41) is 3.41. The molecule has 1 N–H and O–H groups in total. The SMILES string of the molecule is CC(C)CNCCCCc1ccc(Br)c(F)c1. The molecule has 0 aliphatic heterocycles. The van der Waals surface area contributed by atoms with Crippen LogP contribution in [0.2, 0.25) is 0 Å². The molecule has 0 atom stereocenters. The average molecular weight is 302 g/mol. The molecule has 0 aromatic heterocycles. The van der Waals surface area contributed by atoms with E-state index in [1.807, 2.05) is 6.07 Å². The van der Waals surface area contributed by atoms with Gasteiger partial charge in [0.15, 0.2) is 0 Å². The van der Waals surface area contributed by atoms with E-state index in [4.69, 9.17) is 0 Å². The molecule has 0 aliphatic carbocycles. The molecule has 0 bridgehead atoms. The van der Waals surface area contributed by atoms with Crippen molar-refractivity contribution in [3.8, 4) is 0 Å². The van der Waals surface area contributed by atoms with Crippen molar-refractivity contribution in [1.29, 1.82) is 0 Å². The highest BCUT2D eigenvalue weighted by Gasteiger charge is 2.00.